The summed E-state index contributed by atoms with van der Waals surface area (Å²) in [6, 6.07) is 0. The van der Waals surface area contributed by atoms with Crippen molar-refractivity contribution in [2.45, 2.75) is 47.0 Å². The van der Waals surface area contributed by atoms with Gasteiger partial charge in [-0.3, -0.25) is 0 Å². The Hall–Kier alpha value is 0.350. The minimum atomic E-state index is 0. The molecule has 0 aliphatic rings. The molecule has 0 aromatic carbocycles. The fourth-order valence-electron chi connectivity index (χ4n) is 0.750. The lowest BCUT2D eigenvalue weighted by molar-refractivity contribution is 0.286. The Kier molecular flexibility index (Phi) is 6.92. The van der Waals surface area contributed by atoms with Crippen molar-refractivity contribution in [1.29, 1.82) is 0 Å². The Morgan fingerprint density at radius 3 is 1.11 bits per heavy atom. The summed E-state index contributed by atoms with van der Waals surface area (Å²) in [7, 11) is 0. The Morgan fingerprint density at radius 2 is 1.11 bits per heavy atom. The highest BCUT2D eigenvalue weighted by atomic mass is 32.1. The van der Waals surface area contributed by atoms with E-state index < -0.39 is 0 Å². The van der Waals surface area contributed by atoms with E-state index in [0.29, 0.717) is 5.41 Å². The van der Waals surface area contributed by atoms with Crippen molar-refractivity contribution in [2.75, 3.05) is 0 Å². The van der Waals surface area contributed by atoms with Crippen molar-refractivity contribution in [2.24, 2.45) is 5.41 Å². The van der Waals surface area contributed by atoms with Crippen LogP contribution in [-0.4, -0.2) is 0 Å². The molecule has 0 aliphatic heterocycles. The molecule has 1 heteroatoms. The summed E-state index contributed by atoms with van der Waals surface area (Å²) in [5, 5.41) is 0. The lowest BCUT2D eigenvalue weighted by Gasteiger charge is -2.23. The summed E-state index contributed by atoms with van der Waals surface area (Å²) < 4.78 is 0. The van der Waals surface area contributed by atoms with Gasteiger partial charge in [-0.15, -0.1) is 0 Å². The van der Waals surface area contributed by atoms with Crippen LogP contribution in [0.4, 0.5) is 0 Å². The SMILES string of the molecule is CCC(C)(CC)CC.S. The highest BCUT2D eigenvalue weighted by Crippen LogP contribution is 2.28. The highest BCUT2D eigenvalue weighted by Gasteiger charge is 2.15. The summed E-state index contributed by atoms with van der Waals surface area (Å²) in [4.78, 5) is 0. The van der Waals surface area contributed by atoms with Crippen LogP contribution >= 0.6 is 13.5 Å². The first-order valence-electron chi connectivity index (χ1n) is 3.68. The third-order valence-electron chi connectivity index (χ3n) is 2.56. The van der Waals surface area contributed by atoms with E-state index in [1.807, 2.05) is 0 Å². The van der Waals surface area contributed by atoms with Crippen LogP contribution in [0.3, 0.4) is 0 Å². The van der Waals surface area contributed by atoms with Crippen LogP contribution in [0.25, 0.3) is 0 Å². The van der Waals surface area contributed by atoms with Crippen molar-refractivity contribution in [3.8, 4) is 0 Å². The maximum absolute atomic E-state index is 2.35. The first-order chi connectivity index (χ1) is 3.68. The van der Waals surface area contributed by atoms with Gasteiger partial charge in [0.25, 0.3) is 0 Å². The summed E-state index contributed by atoms with van der Waals surface area (Å²) in [6.45, 7) is 9.17. The fraction of sp³-hybridized carbons (Fsp3) is 1.00. The van der Waals surface area contributed by atoms with Crippen LogP contribution in [-0.2, 0) is 0 Å². The standard InChI is InChI=1S/C8H18.H2S/c1-5-8(4,6-2)7-3;/h5-7H2,1-4H3;1H2. The molecule has 0 saturated heterocycles. The molecule has 0 aromatic heterocycles. The maximum atomic E-state index is 2.35. The molecule has 0 aromatic rings. The van der Waals surface area contributed by atoms with Crippen LogP contribution in [0.1, 0.15) is 47.0 Å². The zero-order chi connectivity index (χ0) is 6.62. The molecule has 0 aliphatic carbocycles. The zero-order valence-electron chi connectivity index (χ0n) is 7.12. The average Bonchev–Trinajstić information content (AvgIpc) is 1.87. The minimum absolute atomic E-state index is 0. The molecule has 0 atom stereocenters. The summed E-state index contributed by atoms with van der Waals surface area (Å²) >= 11 is 0. The van der Waals surface area contributed by atoms with E-state index in [2.05, 4.69) is 27.7 Å². The van der Waals surface area contributed by atoms with Gasteiger partial charge in [0.2, 0.25) is 0 Å². The monoisotopic (exact) mass is 148 g/mol. The fourth-order valence-corrected chi connectivity index (χ4v) is 0.750. The largest absolute Gasteiger partial charge is 0.197 e. The van der Waals surface area contributed by atoms with Gasteiger partial charge in [0.1, 0.15) is 0 Å². The first-order valence-corrected chi connectivity index (χ1v) is 3.68. The Bertz CT molecular complexity index is 47.3. The predicted octanol–water partition coefficient (Wildman–Crippen LogP) is 3.34. The quantitative estimate of drug-likeness (QED) is 0.576. The lowest BCUT2D eigenvalue weighted by Crippen LogP contribution is -2.10. The molecule has 0 rings (SSSR count). The van der Waals surface area contributed by atoms with Crippen LogP contribution in [0.5, 0.6) is 0 Å². The van der Waals surface area contributed by atoms with E-state index >= 15 is 0 Å². The summed E-state index contributed by atoms with van der Waals surface area (Å²) in [6.07, 6.45) is 3.96. The van der Waals surface area contributed by atoms with Gasteiger partial charge in [-0.1, -0.05) is 47.0 Å². The second-order valence-corrected chi connectivity index (χ2v) is 2.87. The normalized spacial score (nSPS) is 10.7. The highest BCUT2D eigenvalue weighted by molar-refractivity contribution is 7.59. The molecule has 0 radical (unpaired) electrons. The molecule has 0 bridgehead atoms. The van der Waals surface area contributed by atoms with Gasteiger partial charge in [-0.2, -0.15) is 13.5 Å². The van der Waals surface area contributed by atoms with E-state index in [4.69, 9.17) is 0 Å². The van der Waals surface area contributed by atoms with Crippen LogP contribution < -0.4 is 0 Å². The van der Waals surface area contributed by atoms with Crippen molar-refractivity contribution >= 4 is 13.5 Å². The third-order valence-corrected chi connectivity index (χ3v) is 2.56. The van der Waals surface area contributed by atoms with Crippen molar-refractivity contribution in [1.82, 2.24) is 0 Å². The van der Waals surface area contributed by atoms with E-state index in [9.17, 15) is 0 Å². The Morgan fingerprint density at radius 1 is 0.889 bits per heavy atom. The number of rotatable bonds is 3. The number of hydrogen-bond acceptors (Lipinski definition) is 0. The topological polar surface area (TPSA) is 0 Å². The molecule has 0 N–H and O–H groups in total. The third kappa shape index (κ3) is 3.85. The first kappa shape index (κ1) is 12.1. The van der Waals surface area contributed by atoms with Crippen molar-refractivity contribution in [3.05, 3.63) is 0 Å². The van der Waals surface area contributed by atoms with Crippen LogP contribution in [0.2, 0.25) is 0 Å². The molecule has 0 spiro atoms. The average molecular weight is 148 g/mol. The van der Waals surface area contributed by atoms with Gasteiger partial charge < -0.3 is 0 Å². The molecule has 0 fully saturated rings. The molecule has 0 amide bonds. The van der Waals surface area contributed by atoms with Gasteiger partial charge in [0.05, 0.1) is 0 Å². The van der Waals surface area contributed by atoms with Gasteiger partial charge in [-0.25, -0.2) is 0 Å². The van der Waals surface area contributed by atoms with Gasteiger partial charge >= 0.3 is 0 Å². The molecule has 0 heterocycles. The molecule has 0 nitrogen and oxygen atoms in total. The van der Waals surface area contributed by atoms with E-state index in [1.165, 1.54) is 19.3 Å². The molecular weight excluding hydrogens is 128 g/mol. The maximum Gasteiger partial charge on any atom is -0.0334 e. The molecular formula is C8H20S. The smallest absolute Gasteiger partial charge is 0.0334 e. The van der Waals surface area contributed by atoms with E-state index in [0.717, 1.165) is 0 Å². The lowest BCUT2D eigenvalue weighted by atomic mass is 9.82. The summed E-state index contributed by atoms with van der Waals surface area (Å²) in [5.41, 5.74) is 0.625. The molecule has 9 heavy (non-hydrogen) atoms. The molecule has 58 valence electrons. The van der Waals surface area contributed by atoms with Crippen LogP contribution in [0.15, 0.2) is 0 Å². The number of hydrogen-bond donors (Lipinski definition) is 0. The van der Waals surface area contributed by atoms with E-state index in [1.54, 1.807) is 0 Å². The van der Waals surface area contributed by atoms with Crippen LogP contribution in [0, 0.1) is 5.41 Å². The van der Waals surface area contributed by atoms with Crippen molar-refractivity contribution in [3.63, 3.8) is 0 Å². The zero-order valence-corrected chi connectivity index (χ0v) is 8.12. The second kappa shape index (κ2) is 5.16. The molecule has 0 saturated carbocycles. The van der Waals surface area contributed by atoms with Gasteiger partial charge in [-0.05, 0) is 5.41 Å². The second-order valence-electron chi connectivity index (χ2n) is 2.87. The van der Waals surface area contributed by atoms with E-state index in [-0.39, 0.29) is 13.5 Å². The Labute approximate surface area is 66.5 Å². The molecule has 0 unspecified atom stereocenters. The van der Waals surface area contributed by atoms with Gasteiger partial charge in [0.15, 0.2) is 0 Å². The summed E-state index contributed by atoms with van der Waals surface area (Å²) in [5.74, 6) is 0. The van der Waals surface area contributed by atoms with Gasteiger partial charge in [0, 0.05) is 0 Å². The minimum Gasteiger partial charge on any atom is -0.197 e. The van der Waals surface area contributed by atoms with Crippen molar-refractivity contribution < 1.29 is 0 Å². The Balaban J connectivity index is 0. The predicted molar refractivity (Wildman–Crippen MR) is 49.4 cm³/mol.